The van der Waals surface area contributed by atoms with Crippen molar-refractivity contribution in [3.8, 4) is 5.75 Å². The molecule has 0 saturated heterocycles. The van der Waals surface area contributed by atoms with Crippen molar-refractivity contribution in [2.45, 2.75) is 20.3 Å². The molecule has 2 amide bonds. The van der Waals surface area contributed by atoms with Gasteiger partial charge in [0.1, 0.15) is 11.4 Å². The number of imide groups is 1. The van der Waals surface area contributed by atoms with Crippen molar-refractivity contribution in [3.05, 3.63) is 95.7 Å². The number of methoxy groups -OCH3 is 1. The summed E-state index contributed by atoms with van der Waals surface area (Å²) in [5.74, 6) is 0.0413. The van der Waals surface area contributed by atoms with Gasteiger partial charge in [-0.3, -0.25) is 9.59 Å². The molecule has 1 aliphatic heterocycles. The van der Waals surface area contributed by atoms with Crippen LogP contribution in [0.15, 0.2) is 84.6 Å². The van der Waals surface area contributed by atoms with Crippen molar-refractivity contribution < 1.29 is 14.3 Å². The maximum absolute atomic E-state index is 13.7. The maximum Gasteiger partial charge on any atom is 0.282 e. The van der Waals surface area contributed by atoms with Crippen LogP contribution in [0.1, 0.15) is 25.0 Å². The Morgan fingerprint density at radius 2 is 1.47 bits per heavy atom. The first-order valence-electron chi connectivity index (χ1n) is 10.8. The van der Waals surface area contributed by atoms with E-state index in [0.29, 0.717) is 34.8 Å². The van der Waals surface area contributed by atoms with Crippen LogP contribution in [0, 0.1) is 0 Å². The van der Waals surface area contributed by atoms with Gasteiger partial charge in [-0.25, -0.2) is 4.90 Å². The van der Waals surface area contributed by atoms with Crippen LogP contribution >= 0.6 is 0 Å². The minimum absolute atomic E-state index is 0.323. The van der Waals surface area contributed by atoms with E-state index in [9.17, 15) is 9.59 Å². The summed E-state index contributed by atoms with van der Waals surface area (Å²) in [6, 6.07) is 24.5. The highest BCUT2D eigenvalue weighted by atomic mass is 16.5. The number of amides is 2. The minimum atomic E-state index is -0.325. The molecule has 4 rings (SSSR count). The summed E-state index contributed by atoms with van der Waals surface area (Å²) >= 11 is 0. The Labute approximate surface area is 188 Å². The SMILES string of the molecule is CCc1ccc(N2C(=O)C(c3ccc(OC)cc3)=C(N(CC)c3ccccc3)C2=O)cc1. The topological polar surface area (TPSA) is 49.9 Å². The molecule has 3 aromatic rings. The second-order valence-corrected chi connectivity index (χ2v) is 7.50. The van der Waals surface area contributed by atoms with Crippen LogP contribution in [-0.4, -0.2) is 25.5 Å². The molecule has 5 nitrogen and oxygen atoms in total. The fourth-order valence-electron chi connectivity index (χ4n) is 3.98. The number of carbonyl (C=O) groups excluding carboxylic acids is 2. The molecule has 0 N–H and O–H groups in total. The van der Waals surface area contributed by atoms with Crippen LogP contribution in [0.5, 0.6) is 5.75 Å². The van der Waals surface area contributed by atoms with Crippen molar-refractivity contribution in [2.24, 2.45) is 0 Å². The summed E-state index contributed by atoms with van der Waals surface area (Å²) < 4.78 is 5.27. The summed E-state index contributed by atoms with van der Waals surface area (Å²) in [7, 11) is 1.60. The second-order valence-electron chi connectivity index (χ2n) is 7.50. The first-order valence-corrected chi connectivity index (χ1v) is 10.8. The van der Waals surface area contributed by atoms with Gasteiger partial charge in [0.2, 0.25) is 0 Å². The quantitative estimate of drug-likeness (QED) is 0.495. The minimum Gasteiger partial charge on any atom is -0.497 e. The fourth-order valence-corrected chi connectivity index (χ4v) is 3.98. The second kappa shape index (κ2) is 9.10. The van der Waals surface area contributed by atoms with Gasteiger partial charge in [-0.15, -0.1) is 0 Å². The van der Waals surface area contributed by atoms with E-state index in [0.717, 1.165) is 17.7 Å². The summed E-state index contributed by atoms with van der Waals surface area (Å²) in [5.41, 5.74) is 4.04. The molecule has 162 valence electrons. The normalized spacial score (nSPS) is 13.7. The van der Waals surface area contributed by atoms with Crippen LogP contribution in [0.3, 0.4) is 0 Å². The summed E-state index contributed by atoms with van der Waals surface area (Å²) in [5, 5.41) is 0. The van der Waals surface area contributed by atoms with Crippen molar-refractivity contribution in [2.75, 3.05) is 23.5 Å². The van der Waals surface area contributed by atoms with Crippen molar-refractivity contribution in [1.82, 2.24) is 0 Å². The van der Waals surface area contributed by atoms with Gasteiger partial charge in [-0.2, -0.15) is 0 Å². The third kappa shape index (κ3) is 3.78. The van der Waals surface area contributed by atoms with E-state index in [1.54, 1.807) is 19.2 Å². The summed E-state index contributed by atoms with van der Waals surface area (Å²) in [6.07, 6.45) is 0.889. The Balaban J connectivity index is 1.86. The van der Waals surface area contributed by atoms with Gasteiger partial charge in [0.05, 0.1) is 18.4 Å². The molecule has 1 aliphatic rings. The van der Waals surface area contributed by atoms with Gasteiger partial charge in [-0.05, 0) is 60.9 Å². The number of aryl methyl sites for hydroxylation is 1. The van der Waals surface area contributed by atoms with Crippen LogP contribution in [0.2, 0.25) is 0 Å². The number of carbonyl (C=O) groups is 2. The molecule has 0 spiro atoms. The molecular weight excluding hydrogens is 400 g/mol. The Bertz CT molecular complexity index is 1150. The number of hydrogen-bond donors (Lipinski definition) is 0. The summed E-state index contributed by atoms with van der Waals surface area (Å²) in [4.78, 5) is 30.6. The van der Waals surface area contributed by atoms with Gasteiger partial charge >= 0.3 is 0 Å². The van der Waals surface area contributed by atoms with Crippen LogP contribution in [-0.2, 0) is 16.0 Å². The molecular formula is C27H26N2O3. The number of nitrogens with zero attached hydrogens (tertiary/aromatic N) is 2. The first kappa shape index (κ1) is 21.4. The molecule has 0 aromatic heterocycles. The van der Waals surface area contributed by atoms with Crippen molar-refractivity contribution >= 4 is 28.8 Å². The lowest BCUT2D eigenvalue weighted by atomic mass is 10.0. The highest BCUT2D eigenvalue weighted by Crippen LogP contribution is 2.37. The number of anilines is 2. The molecule has 0 unspecified atom stereocenters. The molecule has 5 heteroatoms. The van der Waals surface area contributed by atoms with E-state index < -0.39 is 0 Å². The Morgan fingerprint density at radius 1 is 0.812 bits per heavy atom. The van der Waals surface area contributed by atoms with Gasteiger partial charge in [0, 0.05) is 12.2 Å². The average Bonchev–Trinajstić information content (AvgIpc) is 3.10. The third-order valence-electron chi connectivity index (χ3n) is 5.69. The van der Waals surface area contributed by atoms with E-state index in [1.807, 2.05) is 78.6 Å². The zero-order valence-corrected chi connectivity index (χ0v) is 18.5. The fraction of sp³-hybridized carbons (Fsp3) is 0.185. The predicted molar refractivity (Wildman–Crippen MR) is 128 cm³/mol. The zero-order chi connectivity index (χ0) is 22.7. The first-order chi connectivity index (χ1) is 15.6. The van der Waals surface area contributed by atoms with Crippen molar-refractivity contribution in [1.29, 1.82) is 0 Å². The van der Waals surface area contributed by atoms with E-state index in [2.05, 4.69) is 6.92 Å². The molecule has 0 bridgehead atoms. The monoisotopic (exact) mass is 426 g/mol. The van der Waals surface area contributed by atoms with Crippen LogP contribution in [0.25, 0.3) is 5.57 Å². The van der Waals surface area contributed by atoms with Gasteiger partial charge in [-0.1, -0.05) is 49.4 Å². The highest BCUT2D eigenvalue weighted by molar-refractivity contribution is 6.46. The summed E-state index contributed by atoms with van der Waals surface area (Å²) in [6.45, 7) is 4.59. The number of benzene rings is 3. The van der Waals surface area contributed by atoms with E-state index in [-0.39, 0.29) is 11.8 Å². The Hall–Kier alpha value is -3.86. The zero-order valence-electron chi connectivity index (χ0n) is 18.5. The molecule has 0 radical (unpaired) electrons. The lowest BCUT2D eigenvalue weighted by molar-refractivity contribution is -0.120. The molecule has 3 aromatic carbocycles. The van der Waals surface area contributed by atoms with Gasteiger partial charge < -0.3 is 9.64 Å². The average molecular weight is 427 g/mol. The third-order valence-corrected chi connectivity index (χ3v) is 5.69. The van der Waals surface area contributed by atoms with Crippen molar-refractivity contribution in [3.63, 3.8) is 0 Å². The highest BCUT2D eigenvalue weighted by Gasteiger charge is 2.42. The van der Waals surface area contributed by atoms with Crippen LogP contribution in [0.4, 0.5) is 11.4 Å². The standard InChI is InChI=1S/C27H26N2O3/c1-4-19-11-15-22(16-12-19)29-26(30)24(20-13-17-23(32-3)18-14-20)25(27(29)31)28(5-2)21-9-7-6-8-10-21/h6-18H,4-5H2,1-3H3. The van der Waals surface area contributed by atoms with Crippen LogP contribution < -0.4 is 14.5 Å². The molecule has 0 aliphatic carbocycles. The lowest BCUT2D eigenvalue weighted by Gasteiger charge is -2.25. The van der Waals surface area contributed by atoms with E-state index >= 15 is 0 Å². The lowest BCUT2D eigenvalue weighted by Crippen LogP contribution is -2.35. The molecule has 0 fully saturated rings. The number of para-hydroxylation sites is 1. The smallest absolute Gasteiger partial charge is 0.282 e. The number of hydrogen-bond acceptors (Lipinski definition) is 4. The van der Waals surface area contributed by atoms with Gasteiger partial charge in [0.25, 0.3) is 11.8 Å². The van der Waals surface area contributed by atoms with Gasteiger partial charge in [0.15, 0.2) is 0 Å². The number of likely N-dealkylation sites (N-methyl/N-ethyl adjacent to an activating group) is 1. The molecule has 0 saturated carbocycles. The molecule has 0 atom stereocenters. The maximum atomic E-state index is 13.7. The Kier molecular flexibility index (Phi) is 6.08. The Morgan fingerprint density at radius 3 is 2.03 bits per heavy atom. The predicted octanol–water partition coefficient (Wildman–Crippen LogP) is 5.07. The number of rotatable bonds is 7. The number of ether oxygens (including phenoxy) is 1. The molecule has 32 heavy (non-hydrogen) atoms. The molecule has 1 heterocycles. The van der Waals surface area contributed by atoms with E-state index in [4.69, 9.17) is 4.74 Å². The largest absolute Gasteiger partial charge is 0.497 e. The van der Waals surface area contributed by atoms with E-state index in [1.165, 1.54) is 4.90 Å².